The SMILES string of the molecule is Cc1nc2cc3nn2c(c1CC(=O)O)N1CCC(C)(CC1)OC/C=C/COc1ccccc1-c1cccc-3c1. The Balaban J connectivity index is 1.52. The largest absolute Gasteiger partial charge is 0.489 e. The van der Waals surface area contributed by atoms with Gasteiger partial charge in [0.15, 0.2) is 5.65 Å². The molecule has 2 aromatic heterocycles. The molecule has 2 aromatic carbocycles. The van der Waals surface area contributed by atoms with Crippen molar-refractivity contribution in [1.82, 2.24) is 14.6 Å². The Morgan fingerprint density at radius 2 is 1.79 bits per heavy atom. The molecule has 0 amide bonds. The maximum Gasteiger partial charge on any atom is 0.308 e. The highest BCUT2D eigenvalue weighted by Crippen LogP contribution is 2.35. The monoisotopic (exact) mass is 524 g/mol. The number of rotatable bonds is 2. The highest BCUT2D eigenvalue weighted by atomic mass is 16.5. The molecule has 8 heteroatoms. The van der Waals surface area contributed by atoms with Crippen molar-refractivity contribution in [3.05, 3.63) is 78.0 Å². The number of piperidine rings is 1. The molecular weight excluding hydrogens is 492 g/mol. The van der Waals surface area contributed by atoms with Crippen molar-refractivity contribution in [1.29, 1.82) is 0 Å². The average molecular weight is 525 g/mol. The number of fused-ring (bicyclic) bond motifs is 6. The van der Waals surface area contributed by atoms with E-state index in [9.17, 15) is 9.90 Å². The third-order valence-corrected chi connectivity index (χ3v) is 7.71. The maximum absolute atomic E-state index is 11.9. The number of nitrogens with zero attached hydrogens (tertiary/aromatic N) is 4. The number of aromatic nitrogens is 3. The topological polar surface area (TPSA) is 89.2 Å². The van der Waals surface area contributed by atoms with Crippen molar-refractivity contribution >= 4 is 17.4 Å². The van der Waals surface area contributed by atoms with E-state index >= 15 is 0 Å². The summed E-state index contributed by atoms with van der Waals surface area (Å²) in [6.07, 6.45) is 5.54. The van der Waals surface area contributed by atoms with Crippen LogP contribution in [-0.2, 0) is 16.0 Å². The molecule has 3 aliphatic heterocycles. The number of ether oxygens (including phenoxy) is 2. The molecule has 0 unspecified atom stereocenters. The van der Waals surface area contributed by atoms with E-state index in [1.165, 1.54) is 0 Å². The summed E-state index contributed by atoms with van der Waals surface area (Å²) >= 11 is 0. The smallest absolute Gasteiger partial charge is 0.308 e. The fraction of sp³-hybridized carbons (Fsp3) is 0.323. The van der Waals surface area contributed by atoms with Crippen LogP contribution in [0, 0.1) is 6.92 Å². The minimum absolute atomic E-state index is 0.110. The maximum atomic E-state index is 11.9. The zero-order chi connectivity index (χ0) is 27.0. The van der Waals surface area contributed by atoms with E-state index in [-0.39, 0.29) is 12.0 Å². The fourth-order valence-electron chi connectivity index (χ4n) is 5.50. The van der Waals surface area contributed by atoms with Gasteiger partial charge in [-0.15, -0.1) is 0 Å². The molecule has 1 fully saturated rings. The van der Waals surface area contributed by atoms with E-state index in [2.05, 4.69) is 30.0 Å². The number of hydrogen-bond donors (Lipinski definition) is 1. The molecule has 4 aromatic rings. The predicted octanol–water partition coefficient (Wildman–Crippen LogP) is 5.32. The lowest BCUT2D eigenvalue weighted by Gasteiger charge is -2.40. The summed E-state index contributed by atoms with van der Waals surface area (Å²) in [5.41, 5.74) is 5.60. The molecule has 200 valence electrons. The van der Waals surface area contributed by atoms with Crippen LogP contribution in [0.3, 0.4) is 0 Å². The van der Waals surface area contributed by atoms with Crippen molar-refractivity contribution in [2.45, 2.75) is 38.7 Å². The van der Waals surface area contributed by atoms with Crippen LogP contribution in [0.5, 0.6) is 5.75 Å². The molecule has 6 bridgehead atoms. The molecule has 0 aliphatic carbocycles. The summed E-state index contributed by atoms with van der Waals surface area (Å²) in [7, 11) is 0. The zero-order valence-corrected chi connectivity index (χ0v) is 22.3. The van der Waals surface area contributed by atoms with Crippen molar-refractivity contribution in [2.75, 3.05) is 31.2 Å². The lowest BCUT2D eigenvalue weighted by Crippen LogP contribution is -2.45. The van der Waals surface area contributed by atoms with Gasteiger partial charge < -0.3 is 19.5 Å². The van der Waals surface area contributed by atoms with Gasteiger partial charge in [0.05, 0.1) is 24.3 Å². The first kappa shape index (κ1) is 25.1. The molecule has 3 aliphatic rings. The standard InChI is InChI=1S/C31H32N4O4/c1-21-25(19-29(36)37)30-34-14-12-31(2,13-15-34)39-17-6-5-16-38-27-11-4-3-10-24(27)22-8-7-9-23(18-22)26-20-28(32-21)35(30)33-26/h3-11,18,20H,12-17,19H2,1-2H3,(H,36,37)/b6-5+. The number of benzene rings is 2. The van der Waals surface area contributed by atoms with Gasteiger partial charge in [0.25, 0.3) is 0 Å². The van der Waals surface area contributed by atoms with Crippen LogP contribution in [0.25, 0.3) is 28.0 Å². The lowest BCUT2D eigenvalue weighted by molar-refractivity contribution is -0.136. The first-order valence-electron chi connectivity index (χ1n) is 13.4. The van der Waals surface area contributed by atoms with E-state index in [0.29, 0.717) is 30.1 Å². The van der Waals surface area contributed by atoms with Crippen LogP contribution in [0.2, 0.25) is 0 Å². The predicted molar refractivity (Wildman–Crippen MR) is 150 cm³/mol. The van der Waals surface area contributed by atoms with Crippen molar-refractivity contribution < 1.29 is 19.4 Å². The van der Waals surface area contributed by atoms with Crippen molar-refractivity contribution in [2.24, 2.45) is 0 Å². The molecule has 8 nitrogen and oxygen atoms in total. The summed E-state index contributed by atoms with van der Waals surface area (Å²) in [5.74, 6) is 0.731. The minimum atomic E-state index is -0.885. The van der Waals surface area contributed by atoms with E-state index in [1.54, 1.807) is 0 Å². The van der Waals surface area contributed by atoms with Crippen molar-refractivity contribution in [3.63, 3.8) is 0 Å². The number of aliphatic carboxylic acids is 1. The van der Waals surface area contributed by atoms with Gasteiger partial charge in [-0.3, -0.25) is 4.79 Å². The third kappa shape index (κ3) is 5.00. The molecule has 0 spiro atoms. The normalized spacial score (nSPS) is 17.6. The van der Waals surface area contributed by atoms with E-state index in [0.717, 1.165) is 59.9 Å². The first-order chi connectivity index (χ1) is 18.9. The molecule has 7 rings (SSSR count). The molecule has 5 heterocycles. The number of anilines is 1. The second kappa shape index (κ2) is 10.2. The number of carbonyl (C=O) groups is 1. The Bertz CT molecular complexity index is 1570. The van der Waals surface area contributed by atoms with Gasteiger partial charge in [-0.2, -0.15) is 9.61 Å². The Morgan fingerprint density at radius 1 is 1.03 bits per heavy atom. The second-order valence-corrected chi connectivity index (χ2v) is 10.5. The molecular formula is C31H32N4O4. The molecule has 1 saturated heterocycles. The van der Waals surface area contributed by atoms with Gasteiger partial charge in [-0.25, -0.2) is 4.98 Å². The lowest BCUT2D eigenvalue weighted by atomic mass is 9.93. The minimum Gasteiger partial charge on any atom is -0.489 e. The van der Waals surface area contributed by atoms with E-state index < -0.39 is 5.97 Å². The first-order valence-corrected chi connectivity index (χ1v) is 13.4. The molecule has 39 heavy (non-hydrogen) atoms. The number of hydrogen-bond acceptors (Lipinski definition) is 6. The summed E-state index contributed by atoms with van der Waals surface area (Å²) in [4.78, 5) is 18.9. The molecule has 0 radical (unpaired) electrons. The Kier molecular flexibility index (Phi) is 6.56. The van der Waals surface area contributed by atoms with Gasteiger partial charge in [-0.1, -0.05) is 42.5 Å². The van der Waals surface area contributed by atoms with Gasteiger partial charge in [-0.05, 0) is 50.5 Å². The molecule has 1 N–H and O–H groups in total. The molecule has 0 saturated carbocycles. The Hall–Kier alpha value is -4.17. The summed E-state index contributed by atoms with van der Waals surface area (Å²) in [6, 6.07) is 18.2. The van der Waals surface area contributed by atoms with Crippen LogP contribution in [0.15, 0.2) is 66.7 Å². The zero-order valence-electron chi connectivity index (χ0n) is 22.3. The highest BCUT2D eigenvalue weighted by molar-refractivity contribution is 5.78. The third-order valence-electron chi connectivity index (χ3n) is 7.71. The fourth-order valence-corrected chi connectivity index (χ4v) is 5.50. The van der Waals surface area contributed by atoms with E-state index in [4.69, 9.17) is 19.6 Å². The van der Waals surface area contributed by atoms with Gasteiger partial charge in [0.1, 0.15) is 18.2 Å². The van der Waals surface area contributed by atoms with Gasteiger partial charge >= 0.3 is 5.97 Å². The van der Waals surface area contributed by atoms with E-state index in [1.807, 2.05) is 60.0 Å². The van der Waals surface area contributed by atoms with Crippen LogP contribution in [0.1, 0.15) is 31.0 Å². The van der Waals surface area contributed by atoms with Gasteiger partial charge in [0.2, 0.25) is 0 Å². The quantitative estimate of drug-likeness (QED) is 0.355. The second-order valence-electron chi connectivity index (χ2n) is 10.5. The number of carboxylic acids is 1. The number of carboxylic acid groups (broad SMARTS) is 1. The average Bonchev–Trinajstić information content (AvgIpc) is 3.35. The summed E-state index contributed by atoms with van der Waals surface area (Å²) < 4.78 is 14.3. The van der Waals surface area contributed by atoms with Crippen molar-refractivity contribution in [3.8, 4) is 28.1 Å². The Labute approximate surface area is 227 Å². The molecule has 0 atom stereocenters. The van der Waals surface area contributed by atoms with Crippen LogP contribution < -0.4 is 9.64 Å². The van der Waals surface area contributed by atoms with Crippen LogP contribution >= 0.6 is 0 Å². The van der Waals surface area contributed by atoms with Crippen LogP contribution in [-0.4, -0.2) is 57.6 Å². The van der Waals surface area contributed by atoms with Gasteiger partial charge in [0, 0.05) is 41.5 Å². The Morgan fingerprint density at radius 3 is 2.62 bits per heavy atom. The van der Waals surface area contributed by atoms with Crippen LogP contribution in [0.4, 0.5) is 5.82 Å². The number of aryl methyl sites for hydroxylation is 1. The highest BCUT2D eigenvalue weighted by Gasteiger charge is 2.33. The summed E-state index contributed by atoms with van der Waals surface area (Å²) in [6.45, 7) is 6.46. The summed E-state index contributed by atoms with van der Waals surface area (Å²) in [5, 5.41) is 14.7. The number of para-hydroxylation sites is 1.